The van der Waals surface area contributed by atoms with Crippen LogP contribution in [0.5, 0.6) is 5.75 Å². The summed E-state index contributed by atoms with van der Waals surface area (Å²) in [6.45, 7) is 1.08. The van der Waals surface area contributed by atoms with E-state index in [1.165, 1.54) is 0 Å². The van der Waals surface area contributed by atoms with Gasteiger partial charge in [-0.15, -0.1) is 0 Å². The Labute approximate surface area is 195 Å². The van der Waals surface area contributed by atoms with Gasteiger partial charge in [0.15, 0.2) is 23.0 Å². The summed E-state index contributed by atoms with van der Waals surface area (Å²) in [4.78, 5) is 16.7. The predicted molar refractivity (Wildman–Crippen MR) is 109 cm³/mol. The minimum absolute atomic E-state index is 0.219. The standard InChI is InChI=1S/C22H22F6N2O5/c1-9-16(10-4-5-11(23)17(25)18(10)34-3)19(35-21(9,2)22(26,27)28)20(33)30-13-6-14(15(32)8-31)29-7-12(13)24/h4-7,9,15-16,19,31-32H,8H2,1-3H3,(H,29,30,33)/t9-,15+,16-,19+,21+/m0/s1. The number of carbonyl (C=O) groups is 1. The highest BCUT2D eigenvalue weighted by atomic mass is 19.4. The van der Waals surface area contributed by atoms with E-state index in [0.29, 0.717) is 19.2 Å². The molecule has 1 aromatic heterocycles. The largest absolute Gasteiger partial charge is 0.493 e. The second kappa shape index (κ2) is 9.63. The molecule has 1 aromatic carbocycles. The van der Waals surface area contributed by atoms with Crippen LogP contribution in [0.3, 0.4) is 0 Å². The molecule has 192 valence electrons. The van der Waals surface area contributed by atoms with Crippen LogP contribution in [-0.2, 0) is 9.53 Å². The lowest BCUT2D eigenvalue weighted by Gasteiger charge is -2.32. The number of hydrogen-bond acceptors (Lipinski definition) is 6. The zero-order valence-corrected chi connectivity index (χ0v) is 18.7. The van der Waals surface area contributed by atoms with Gasteiger partial charge >= 0.3 is 6.18 Å². The van der Waals surface area contributed by atoms with E-state index >= 15 is 0 Å². The molecule has 35 heavy (non-hydrogen) atoms. The molecule has 1 fully saturated rings. The van der Waals surface area contributed by atoms with Crippen LogP contribution in [0.25, 0.3) is 0 Å². The van der Waals surface area contributed by atoms with Crippen molar-refractivity contribution in [2.45, 2.75) is 43.8 Å². The quantitative estimate of drug-likeness (QED) is 0.516. The smallest absolute Gasteiger partial charge is 0.417 e. The lowest BCUT2D eigenvalue weighted by molar-refractivity contribution is -0.272. The Morgan fingerprint density at radius 3 is 2.51 bits per heavy atom. The molecule has 0 saturated carbocycles. The van der Waals surface area contributed by atoms with Crippen LogP contribution in [0.2, 0.25) is 0 Å². The van der Waals surface area contributed by atoms with E-state index in [1.54, 1.807) is 0 Å². The summed E-state index contributed by atoms with van der Waals surface area (Å²) in [5, 5.41) is 20.9. The number of alkyl halides is 3. The minimum Gasteiger partial charge on any atom is -0.493 e. The number of anilines is 1. The van der Waals surface area contributed by atoms with Gasteiger partial charge in [-0.2, -0.15) is 17.6 Å². The van der Waals surface area contributed by atoms with E-state index in [4.69, 9.17) is 14.6 Å². The van der Waals surface area contributed by atoms with E-state index in [0.717, 1.165) is 26.2 Å². The molecular weight excluding hydrogens is 486 g/mol. The van der Waals surface area contributed by atoms with Crippen molar-refractivity contribution in [3.05, 3.63) is 53.1 Å². The van der Waals surface area contributed by atoms with Crippen LogP contribution in [0.1, 0.15) is 37.1 Å². The van der Waals surface area contributed by atoms with Gasteiger partial charge < -0.3 is 25.0 Å². The highest BCUT2D eigenvalue weighted by molar-refractivity contribution is 5.95. The number of halogens is 6. The number of hydrogen-bond donors (Lipinski definition) is 3. The van der Waals surface area contributed by atoms with Crippen molar-refractivity contribution >= 4 is 11.6 Å². The van der Waals surface area contributed by atoms with E-state index in [-0.39, 0.29) is 11.3 Å². The summed E-state index contributed by atoms with van der Waals surface area (Å²) in [5.41, 5.74) is -3.91. The fraction of sp³-hybridized carbons (Fsp3) is 0.455. The molecule has 1 amide bonds. The number of ether oxygens (including phenoxy) is 2. The number of amides is 1. The maximum atomic E-state index is 14.4. The van der Waals surface area contributed by atoms with Crippen molar-refractivity contribution in [3.63, 3.8) is 0 Å². The van der Waals surface area contributed by atoms with Gasteiger partial charge in [0.05, 0.1) is 31.3 Å². The number of nitrogens with one attached hydrogen (secondary N) is 1. The molecule has 0 bridgehead atoms. The molecule has 3 rings (SSSR count). The Kier molecular flexibility index (Phi) is 7.34. The van der Waals surface area contributed by atoms with Crippen molar-refractivity contribution in [2.24, 2.45) is 5.92 Å². The van der Waals surface area contributed by atoms with Crippen LogP contribution >= 0.6 is 0 Å². The van der Waals surface area contributed by atoms with Gasteiger partial charge in [0.1, 0.15) is 12.2 Å². The van der Waals surface area contributed by atoms with Crippen molar-refractivity contribution < 1.29 is 50.8 Å². The number of nitrogens with zero attached hydrogens (tertiary/aromatic N) is 1. The Hall–Kier alpha value is -2.90. The van der Waals surface area contributed by atoms with E-state index < -0.39 is 77.2 Å². The highest BCUT2D eigenvalue weighted by Crippen LogP contribution is 2.55. The Bertz CT molecular complexity index is 1110. The molecule has 7 nitrogen and oxygen atoms in total. The Morgan fingerprint density at radius 1 is 1.29 bits per heavy atom. The van der Waals surface area contributed by atoms with Gasteiger partial charge in [-0.25, -0.2) is 8.78 Å². The van der Waals surface area contributed by atoms with Gasteiger partial charge in [0.25, 0.3) is 5.91 Å². The zero-order chi connectivity index (χ0) is 26.3. The Morgan fingerprint density at radius 2 is 1.94 bits per heavy atom. The van der Waals surface area contributed by atoms with Crippen LogP contribution in [0.4, 0.5) is 32.0 Å². The first-order valence-electron chi connectivity index (χ1n) is 10.3. The summed E-state index contributed by atoms with van der Waals surface area (Å²) in [7, 11) is 0.986. The zero-order valence-electron chi connectivity index (χ0n) is 18.7. The normalized spacial score (nSPS) is 25.4. The number of aromatic nitrogens is 1. The van der Waals surface area contributed by atoms with Crippen LogP contribution < -0.4 is 10.1 Å². The number of aliphatic hydroxyl groups is 2. The Balaban J connectivity index is 2.08. The molecule has 0 aliphatic carbocycles. The first-order valence-corrected chi connectivity index (χ1v) is 10.3. The third-order valence-electron chi connectivity index (χ3n) is 6.22. The molecule has 1 aliphatic heterocycles. The van der Waals surface area contributed by atoms with Crippen LogP contribution in [0, 0.1) is 23.4 Å². The SMILES string of the molecule is COc1c([C@H]2[C@H](C(=O)Nc3cc([C@H](O)CO)ncc3F)O[C@@](C)(C(F)(F)F)[C@H]2C)ccc(F)c1F. The third-order valence-corrected chi connectivity index (χ3v) is 6.22. The van der Waals surface area contributed by atoms with Gasteiger partial charge in [-0.3, -0.25) is 9.78 Å². The lowest BCUT2D eigenvalue weighted by Crippen LogP contribution is -2.47. The fourth-order valence-electron chi connectivity index (χ4n) is 4.07. The lowest BCUT2D eigenvalue weighted by atomic mass is 9.77. The molecule has 1 aliphatic rings. The number of methoxy groups -OCH3 is 1. The van der Waals surface area contributed by atoms with Crippen molar-refractivity contribution in [1.82, 2.24) is 4.98 Å². The molecular formula is C22H22F6N2O5. The average molecular weight is 508 g/mol. The first-order chi connectivity index (χ1) is 16.3. The van der Waals surface area contributed by atoms with Crippen LogP contribution in [0.15, 0.2) is 24.4 Å². The molecule has 2 aromatic rings. The molecule has 3 N–H and O–H groups in total. The maximum Gasteiger partial charge on any atom is 0.417 e. The predicted octanol–water partition coefficient (Wildman–Crippen LogP) is 3.61. The fourth-order valence-corrected chi connectivity index (χ4v) is 4.07. The molecule has 1 saturated heterocycles. The number of carbonyl (C=O) groups excluding carboxylic acids is 1. The number of pyridine rings is 1. The van der Waals surface area contributed by atoms with Crippen molar-refractivity contribution in [3.8, 4) is 5.75 Å². The summed E-state index contributed by atoms with van der Waals surface area (Å²) in [6, 6.07) is 2.57. The molecule has 0 spiro atoms. The molecule has 5 atom stereocenters. The van der Waals surface area contributed by atoms with E-state index in [1.807, 2.05) is 0 Å². The summed E-state index contributed by atoms with van der Waals surface area (Å²) >= 11 is 0. The molecule has 2 heterocycles. The maximum absolute atomic E-state index is 14.4. The summed E-state index contributed by atoms with van der Waals surface area (Å²) < 4.78 is 94.5. The number of benzene rings is 1. The molecule has 0 radical (unpaired) electrons. The topological polar surface area (TPSA) is 101 Å². The van der Waals surface area contributed by atoms with Crippen LogP contribution in [-0.4, -0.2) is 52.7 Å². The van der Waals surface area contributed by atoms with Gasteiger partial charge in [-0.05, 0) is 19.1 Å². The van der Waals surface area contributed by atoms with Gasteiger partial charge in [0, 0.05) is 17.4 Å². The highest BCUT2D eigenvalue weighted by Gasteiger charge is 2.66. The first kappa shape index (κ1) is 26.7. The molecule has 0 unspecified atom stereocenters. The second-order valence-electron chi connectivity index (χ2n) is 8.22. The summed E-state index contributed by atoms with van der Waals surface area (Å²) in [6.07, 6.45) is -7.78. The summed E-state index contributed by atoms with van der Waals surface area (Å²) in [5.74, 6) is -8.76. The minimum atomic E-state index is -4.97. The molecule has 13 heteroatoms. The van der Waals surface area contributed by atoms with E-state index in [9.17, 15) is 36.2 Å². The average Bonchev–Trinajstić information content (AvgIpc) is 3.08. The van der Waals surface area contributed by atoms with Crippen molar-refractivity contribution in [2.75, 3.05) is 19.0 Å². The second-order valence-corrected chi connectivity index (χ2v) is 8.22. The van der Waals surface area contributed by atoms with Gasteiger partial charge in [-0.1, -0.05) is 13.0 Å². The third kappa shape index (κ3) is 4.67. The van der Waals surface area contributed by atoms with E-state index in [2.05, 4.69) is 10.3 Å². The van der Waals surface area contributed by atoms with Gasteiger partial charge in [0.2, 0.25) is 5.82 Å². The number of aliphatic hydroxyl groups excluding tert-OH is 2. The monoisotopic (exact) mass is 508 g/mol. The number of rotatable bonds is 6. The van der Waals surface area contributed by atoms with Crippen molar-refractivity contribution in [1.29, 1.82) is 0 Å².